The summed E-state index contributed by atoms with van der Waals surface area (Å²) in [6.07, 6.45) is 8.38. The Bertz CT molecular complexity index is 251. The molecule has 2 rings (SSSR count). The van der Waals surface area contributed by atoms with Crippen LogP contribution in [-0.2, 0) is 0 Å². The molecule has 1 N–H and O–H groups in total. The van der Waals surface area contributed by atoms with E-state index in [0.717, 1.165) is 25.9 Å². The Balaban J connectivity index is 1.78. The van der Waals surface area contributed by atoms with Crippen LogP contribution in [0.4, 0.5) is 0 Å². The van der Waals surface area contributed by atoms with E-state index in [1.165, 1.54) is 45.2 Å². The van der Waals surface area contributed by atoms with Gasteiger partial charge in [0.05, 0.1) is 5.60 Å². The quantitative estimate of drug-likeness (QED) is 0.814. The number of hydrogen-bond donors (Lipinski definition) is 1. The van der Waals surface area contributed by atoms with Crippen molar-refractivity contribution in [3.63, 3.8) is 0 Å². The largest absolute Gasteiger partial charge is 0.389 e. The lowest BCUT2D eigenvalue weighted by Gasteiger charge is -2.37. The van der Waals surface area contributed by atoms with Crippen LogP contribution in [0.1, 0.15) is 51.9 Å². The first kappa shape index (κ1) is 14.3. The Morgan fingerprint density at radius 2 is 1.94 bits per heavy atom. The molecule has 18 heavy (non-hydrogen) atoms. The van der Waals surface area contributed by atoms with Gasteiger partial charge in [0.15, 0.2) is 0 Å². The summed E-state index contributed by atoms with van der Waals surface area (Å²) in [5.41, 5.74) is -0.400. The topological polar surface area (TPSA) is 26.7 Å². The Morgan fingerprint density at radius 3 is 2.61 bits per heavy atom. The number of likely N-dealkylation sites (N-methyl/N-ethyl adjacent to an activating group) is 2. The Kier molecular flexibility index (Phi) is 5.05. The standard InChI is InChI=1S/C15H30N2O/c1-3-17-11-7-8-14(17)12-16(2)13-15(18)9-5-4-6-10-15/h14,18H,3-13H2,1-2H3. The molecule has 1 unspecified atom stereocenters. The van der Waals surface area contributed by atoms with Gasteiger partial charge in [-0.15, -0.1) is 0 Å². The van der Waals surface area contributed by atoms with Crippen LogP contribution < -0.4 is 0 Å². The molecular formula is C15H30N2O. The van der Waals surface area contributed by atoms with Crippen molar-refractivity contribution < 1.29 is 5.11 Å². The summed E-state index contributed by atoms with van der Waals surface area (Å²) in [4.78, 5) is 4.95. The second-order valence-electron chi connectivity index (χ2n) is 6.41. The maximum Gasteiger partial charge on any atom is 0.0774 e. The number of aliphatic hydroxyl groups is 1. The van der Waals surface area contributed by atoms with Gasteiger partial charge in [-0.05, 0) is 45.8 Å². The molecule has 0 aromatic rings. The van der Waals surface area contributed by atoms with Crippen molar-refractivity contribution in [3.05, 3.63) is 0 Å². The molecule has 0 amide bonds. The van der Waals surface area contributed by atoms with E-state index in [4.69, 9.17) is 0 Å². The molecule has 2 fully saturated rings. The Morgan fingerprint density at radius 1 is 1.22 bits per heavy atom. The highest BCUT2D eigenvalue weighted by Crippen LogP contribution is 2.29. The zero-order valence-electron chi connectivity index (χ0n) is 12.2. The van der Waals surface area contributed by atoms with E-state index in [2.05, 4.69) is 23.8 Å². The minimum atomic E-state index is -0.400. The fourth-order valence-corrected chi connectivity index (χ4v) is 3.81. The van der Waals surface area contributed by atoms with Gasteiger partial charge in [-0.25, -0.2) is 0 Å². The molecule has 1 atom stereocenters. The molecule has 0 spiro atoms. The average molecular weight is 254 g/mol. The summed E-state index contributed by atoms with van der Waals surface area (Å²) in [6.45, 7) is 6.67. The summed E-state index contributed by atoms with van der Waals surface area (Å²) in [7, 11) is 2.18. The third-order valence-corrected chi connectivity index (χ3v) is 4.78. The van der Waals surface area contributed by atoms with Crippen LogP contribution in [0.15, 0.2) is 0 Å². The minimum Gasteiger partial charge on any atom is -0.389 e. The van der Waals surface area contributed by atoms with Crippen molar-refractivity contribution in [1.82, 2.24) is 9.80 Å². The molecule has 0 aromatic carbocycles. The van der Waals surface area contributed by atoms with Gasteiger partial charge in [-0.1, -0.05) is 26.2 Å². The van der Waals surface area contributed by atoms with Crippen LogP contribution in [0.3, 0.4) is 0 Å². The molecule has 3 nitrogen and oxygen atoms in total. The molecule has 0 bridgehead atoms. The van der Waals surface area contributed by atoms with E-state index >= 15 is 0 Å². The number of likely N-dealkylation sites (tertiary alicyclic amines) is 1. The van der Waals surface area contributed by atoms with Crippen LogP contribution in [0.2, 0.25) is 0 Å². The van der Waals surface area contributed by atoms with E-state index < -0.39 is 5.60 Å². The van der Waals surface area contributed by atoms with Crippen LogP contribution in [-0.4, -0.2) is 59.8 Å². The maximum atomic E-state index is 10.6. The van der Waals surface area contributed by atoms with Crippen LogP contribution in [0.25, 0.3) is 0 Å². The molecule has 3 heteroatoms. The zero-order valence-corrected chi connectivity index (χ0v) is 12.2. The van der Waals surface area contributed by atoms with Gasteiger partial charge >= 0.3 is 0 Å². The molecule has 1 aliphatic heterocycles. The highest BCUT2D eigenvalue weighted by atomic mass is 16.3. The normalized spacial score (nSPS) is 29.0. The molecule has 1 heterocycles. The van der Waals surface area contributed by atoms with Crippen LogP contribution in [0.5, 0.6) is 0 Å². The molecule has 1 saturated heterocycles. The van der Waals surface area contributed by atoms with Crippen LogP contribution in [0, 0.1) is 0 Å². The van der Waals surface area contributed by atoms with Gasteiger partial charge in [0.25, 0.3) is 0 Å². The Hall–Kier alpha value is -0.120. The summed E-state index contributed by atoms with van der Waals surface area (Å²) < 4.78 is 0. The number of hydrogen-bond acceptors (Lipinski definition) is 3. The summed E-state index contributed by atoms with van der Waals surface area (Å²) in [5, 5.41) is 10.6. The fourth-order valence-electron chi connectivity index (χ4n) is 3.81. The second kappa shape index (κ2) is 6.36. The maximum absolute atomic E-state index is 10.6. The highest BCUT2D eigenvalue weighted by molar-refractivity contribution is 4.87. The van der Waals surface area contributed by atoms with E-state index in [-0.39, 0.29) is 0 Å². The molecule has 1 saturated carbocycles. The summed E-state index contributed by atoms with van der Waals surface area (Å²) >= 11 is 0. The summed E-state index contributed by atoms with van der Waals surface area (Å²) in [5.74, 6) is 0. The molecule has 2 aliphatic rings. The van der Waals surface area contributed by atoms with Gasteiger partial charge < -0.3 is 10.0 Å². The van der Waals surface area contributed by atoms with Gasteiger partial charge in [0.1, 0.15) is 0 Å². The first-order valence-electron chi connectivity index (χ1n) is 7.78. The Labute approximate surface area is 112 Å². The van der Waals surface area contributed by atoms with Crippen molar-refractivity contribution >= 4 is 0 Å². The lowest BCUT2D eigenvalue weighted by atomic mass is 9.84. The van der Waals surface area contributed by atoms with E-state index in [9.17, 15) is 5.11 Å². The molecule has 0 radical (unpaired) electrons. The first-order chi connectivity index (χ1) is 8.63. The van der Waals surface area contributed by atoms with Gasteiger partial charge in [-0.2, -0.15) is 0 Å². The number of rotatable bonds is 5. The molecule has 1 aliphatic carbocycles. The molecular weight excluding hydrogens is 224 g/mol. The molecule has 0 aromatic heterocycles. The van der Waals surface area contributed by atoms with Crippen molar-refractivity contribution in [2.75, 3.05) is 33.2 Å². The monoisotopic (exact) mass is 254 g/mol. The van der Waals surface area contributed by atoms with Crippen molar-refractivity contribution in [2.24, 2.45) is 0 Å². The highest BCUT2D eigenvalue weighted by Gasteiger charge is 2.32. The lowest BCUT2D eigenvalue weighted by Crippen LogP contribution is -2.47. The van der Waals surface area contributed by atoms with Gasteiger partial charge in [-0.3, -0.25) is 4.90 Å². The van der Waals surface area contributed by atoms with Crippen molar-refractivity contribution in [1.29, 1.82) is 0 Å². The van der Waals surface area contributed by atoms with E-state index in [1.54, 1.807) is 0 Å². The van der Waals surface area contributed by atoms with Gasteiger partial charge in [0, 0.05) is 19.1 Å². The van der Waals surface area contributed by atoms with E-state index in [0.29, 0.717) is 6.04 Å². The average Bonchev–Trinajstić information content (AvgIpc) is 2.76. The SMILES string of the molecule is CCN1CCCC1CN(C)CC1(O)CCCCC1. The fraction of sp³-hybridized carbons (Fsp3) is 1.00. The third-order valence-electron chi connectivity index (χ3n) is 4.78. The third kappa shape index (κ3) is 3.69. The first-order valence-corrected chi connectivity index (χ1v) is 7.78. The van der Waals surface area contributed by atoms with Crippen molar-refractivity contribution in [2.45, 2.75) is 63.5 Å². The van der Waals surface area contributed by atoms with Crippen molar-refractivity contribution in [3.8, 4) is 0 Å². The van der Waals surface area contributed by atoms with Crippen LogP contribution >= 0.6 is 0 Å². The number of nitrogens with zero attached hydrogens (tertiary/aromatic N) is 2. The second-order valence-corrected chi connectivity index (χ2v) is 6.41. The predicted octanol–water partition coefficient (Wildman–Crippen LogP) is 2.10. The smallest absolute Gasteiger partial charge is 0.0774 e. The minimum absolute atomic E-state index is 0.400. The van der Waals surface area contributed by atoms with E-state index in [1.807, 2.05) is 0 Å². The summed E-state index contributed by atoms with van der Waals surface area (Å²) in [6, 6.07) is 0.715. The lowest BCUT2D eigenvalue weighted by molar-refractivity contribution is -0.0241. The zero-order chi connectivity index (χ0) is 13.0. The van der Waals surface area contributed by atoms with Gasteiger partial charge in [0.2, 0.25) is 0 Å². The molecule has 106 valence electrons. The predicted molar refractivity (Wildman–Crippen MR) is 75.8 cm³/mol.